The Labute approximate surface area is 232 Å². The van der Waals surface area contributed by atoms with Crippen LogP contribution in [0.15, 0.2) is 121 Å². The van der Waals surface area contributed by atoms with E-state index in [4.69, 9.17) is 0 Å². The molecule has 0 unspecified atom stereocenters. The Kier molecular flexibility index (Phi) is 12.7. The van der Waals surface area contributed by atoms with Crippen molar-refractivity contribution in [1.29, 1.82) is 0 Å². The zero-order valence-electron chi connectivity index (χ0n) is 22.4. The Morgan fingerprint density at radius 1 is 0.361 bits per heavy atom. The molecule has 0 saturated heterocycles. The van der Waals surface area contributed by atoms with Crippen molar-refractivity contribution in [2.24, 2.45) is 0 Å². The van der Waals surface area contributed by atoms with Crippen LogP contribution in [0.1, 0.15) is 22.3 Å². The van der Waals surface area contributed by atoms with E-state index >= 15 is 0 Å². The van der Waals surface area contributed by atoms with Crippen molar-refractivity contribution in [3.8, 4) is 0 Å². The maximum atomic E-state index is 12.3. The van der Waals surface area contributed by atoms with Crippen molar-refractivity contribution in [2.45, 2.75) is 40.8 Å². The second kappa shape index (κ2) is 15.0. The number of hydrogen-bond acceptors (Lipinski definition) is 2. The molecule has 0 aliphatic rings. The molecule has 188 valence electrons. The van der Waals surface area contributed by atoms with Gasteiger partial charge in [-0.05, 0) is 22.3 Å². The number of aliphatic hydroxyl groups is 2. The molecule has 4 aromatic carbocycles. The Morgan fingerprint density at radius 2 is 0.500 bits per heavy atom. The second-order valence-corrected chi connectivity index (χ2v) is 27.0. The van der Waals surface area contributed by atoms with E-state index in [0.717, 1.165) is 0 Å². The van der Waals surface area contributed by atoms with E-state index in [-0.39, 0.29) is 0 Å². The summed E-state index contributed by atoms with van der Waals surface area (Å²) in [5.41, 5.74) is -0.906. The first kappa shape index (κ1) is 30.6. The van der Waals surface area contributed by atoms with E-state index in [2.05, 4.69) is 29.6 Å². The van der Waals surface area contributed by atoms with Gasteiger partial charge in [-0.15, -0.1) is 0 Å². The Hall–Kier alpha value is -1.60. The predicted octanol–water partition coefficient (Wildman–Crippen LogP) is 7.60. The fourth-order valence-corrected chi connectivity index (χ4v) is 3.89. The van der Waals surface area contributed by atoms with Gasteiger partial charge in [-0.3, -0.25) is 0 Å². The molecule has 4 heteroatoms. The molecule has 36 heavy (non-hydrogen) atoms. The van der Waals surface area contributed by atoms with Gasteiger partial charge in [0.05, 0.1) is 0 Å². The van der Waals surface area contributed by atoms with Crippen LogP contribution in [-0.2, 0) is 11.2 Å². The maximum absolute atomic E-state index is 12.3. The SMILES string of the molecule is OC(c1ccccc1)(c1ccccc1)C(O)(c1ccccc1)c1ccccc1.[CH3][Sn]([CH3])[CH3].[CH3][Sn]([CH3])[CH3]. The van der Waals surface area contributed by atoms with Crippen LogP contribution < -0.4 is 0 Å². The molecular weight excluding hydrogens is 654 g/mol. The van der Waals surface area contributed by atoms with Gasteiger partial charge < -0.3 is 10.2 Å². The van der Waals surface area contributed by atoms with Crippen LogP contribution in [0.4, 0.5) is 0 Å². The topological polar surface area (TPSA) is 40.5 Å². The van der Waals surface area contributed by atoms with Crippen molar-refractivity contribution in [3.63, 3.8) is 0 Å². The molecule has 2 radical (unpaired) electrons. The molecule has 0 aromatic heterocycles. The van der Waals surface area contributed by atoms with Crippen LogP contribution in [-0.4, -0.2) is 49.7 Å². The molecule has 4 rings (SSSR count). The molecule has 0 saturated carbocycles. The molecule has 2 nitrogen and oxygen atoms in total. The Balaban J connectivity index is 0.000000501. The molecular formula is C32H40O2Sn2. The first-order valence-electron chi connectivity index (χ1n) is 12.3. The van der Waals surface area contributed by atoms with Gasteiger partial charge in [0.2, 0.25) is 0 Å². The summed E-state index contributed by atoms with van der Waals surface area (Å²) >= 11 is -1.09. The molecule has 0 aliphatic heterocycles. The summed E-state index contributed by atoms with van der Waals surface area (Å²) < 4.78 is 0. The van der Waals surface area contributed by atoms with Gasteiger partial charge in [0.1, 0.15) is 0 Å². The third kappa shape index (κ3) is 7.95. The molecule has 4 aromatic rings. The fourth-order valence-electron chi connectivity index (χ4n) is 3.89. The van der Waals surface area contributed by atoms with Gasteiger partial charge in [0, 0.05) is 0 Å². The van der Waals surface area contributed by atoms with Crippen LogP contribution >= 0.6 is 0 Å². The van der Waals surface area contributed by atoms with Gasteiger partial charge in [-0.2, -0.15) is 0 Å². The molecule has 0 spiro atoms. The average Bonchev–Trinajstić information content (AvgIpc) is 2.89. The third-order valence-electron chi connectivity index (χ3n) is 5.29. The number of hydrogen-bond donors (Lipinski definition) is 2. The van der Waals surface area contributed by atoms with Gasteiger partial charge >= 0.3 is 69.2 Å². The normalized spacial score (nSPS) is 11.3. The van der Waals surface area contributed by atoms with Crippen LogP contribution in [0.25, 0.3) is 0 Å². The van der Waals surface area contributed by atoms with Gasteiger partial charge in [-0.25, -0.2) is 0 Å². The minimum atomic E-state index is -1.70. The van der Waals surface area contributed by atoms with E-state index in [1.54, 1.807) is 0 Å². The monoisotopic (exact) mass is 696 g/mol. The molecule has 0 amide bonds. The van der Waals surface area contributed by atoms with Crippen molar-refractivity contribution >= 4 is 39.5 Å². The zero-order chi connectivity index (χ0) is 26.6. The minimum absolute atomic E-state index is 0.543. The standard InChI is InChI=1S/C26H22O2.6CH3.2Sn/c27-25(21-13-5-1-6-14-21,22-15-7-2-8-16-22)26(28,23-17-9-3-10-18-23)24-19-11-4-12-20-24;;;;;;;;/h1-20,27-28H;6*1H3;;. The van der Waals surface area contributed by atoms with Crippen molar-refractivity contribution < 1.29 is 10.2 Å². The zero-order valence-corrected chi connectivity index (χ0v) is 28.1. The summed E-state index contributed by atoms with van der Waals surface area (Å²) in [6, 6.07) is 37.4. The van der Waals surface area contributed by atoms with Gasteiger partial charge in [-0.1, -0.05) is 121 Å². The Morgan fingerprint density at radius 3 is 0.639 bits per heavy atom. The first-order chi connectivity index (χ1) is 17.1. The predicted molar refractivity (Wildman–Crippen MR) is 158 cm³/mol. The second-order valence-electron chi connectivity index (χ2n) is 9.88. The number of rotatable bonds is 5. The summed E-state index contributed by atoms with van der Waals surface area (Å²) in [6.45, 7) is 0. The van der Waals surface area contributed by atoms with Crippen molar-refractivity contribution in [3.05, 3.63) is 144 Å². The van der Waals surface area contributed by atoms with Gasteiger partial charge in [0.25, 0.3) is 0 Å². The van der Waals surface area contributed by atoms with Crippen LogP contribution in [0.5, 0.6) is 0 Å². The quantitative estimate of drug-likeness (QED) is 0.212. The summed E-state index contributed by atoms with van der Waals surface area (Å²) in [6.07, 6.45) is 0. The van der Waals surface area contributed by atoms with E-state index in [0.29, 0.717) is 22.3 Å². The van der Waals surface area contributed by atoms with E-state index in [1.165, 1.54) is 0 Å². The first-order valence-corrected chi connectivity index (χ1v) is 29.5. The van der Waals surface area contributed by atoms with E-state index in [9.17, 15) is 10.2 Å². The van der Waals surface area contributed by atoms with Crippen molar-refractivity contribution in [1.82, 2.24) is 0 Å². The molecule has 0 aliphatic carbocycles. The van der Waals surface area contributed by atoms with Crippen LogP contribution in [0, 0.1) is 0 Å². The molecule has 0 atom stereocenters. The summed E-state index contributed by atoms with van der Waals surface area (Å²) in [7, 11) is 0. The summed E-state index contributed by atoms with van der Waals surface area (Å²) in [5.74, 6) is 0. The van der Waals surface area contributed by atoms with Crippen LogP contribution in [0.3, 0.4) is 0 Å². The fraction of sp³-hybridized carbons (Fsp3) is 0.250. The third-order valence-corrected chi connectivity index (χ3v) is 5.29. The summed E-state index contributed by atoms with van der Waals surface area (Å²) in [4.78, 5) is 14.2. The van der Waals surface area contributed by atoms with E-state index in [1.807, 2.05) is 121 Å². The molecule has 2 N–H and O–H groups in total. The summed E-state index contributed by atoms with van der Waals surface area (Å²) in [5, 5.41) is 24.7. The molecule has 0 bridgehead atoms. The molecule has 0 fully saturated rings. The Bertz CT molecular complexity index is 938. The van der Waals surface area contributed by atoms with Gasteiger partial charge in [0.15, 0.2) is 11.2 Å². The average molecular weight is 694 g/mol. The van der Waals surface area contributed by atoms with Crippen molar-refractivity contribution in [2.75, 3.05) is 0 Å². The van der Waals surface area contributed by atoms with E-state index < -0.39 is 50.7 Å². The molecule has 0 heterocycles. The van der Waals surface area contributed by atoms with Crippen LogP contribution in [0.2, 0.25) is 29.6 Å². The number of benzene rings is 4.